The van der Waals surface area contributed by atoms with Gasteiger partial charge in [0.15, 0.2) is 8.80 Å². The molecule has 3 aromatic rings. The zero-order chi connectivity index (χ0) is 19.8. The van der Waals surface area contributed by atoms with Gasteiger partial charge in [-0.25, -0.2) is 0 Å². The molecule has 1 saturated heterocycles. The molecule has 0 unspecified atom stereocenters. The Kier molecular flexibility index (Phi) is 5.04. The van der Waals surface area contributed by atoms with Crippen molar-refractivity contribution in [1.29, 1.82) is 0 Å². The summed E-state index contributed by atoms with van der Waals surface area (Å²) in [6, 6.07) is 30.4. The van der Waals surface area contributed by atoms with Crippen molar-refractivity contribution in [2.24, 2.45) is 0 Å². The van der Waals surface area contributed by atoms with Crippen molar-refractivity contribution in [3.8, 4) is 0 Å². The van der Waals surface area contributed by atoms with Crippen LogP contribution in [0.2, 0.25) is 0 Å². The molecule has 0 saturated carbocycles. The third kappa shape index (κ3) is 3.60. The molecule has 1 fully saturated rings. The molecule has 0 bridgehead atoms. The van der Waals surface area contributed by atoms with E-state index in [1.807, 2.05) is 0 Å². The maximum Gasteiger partial charge on any atom is 0.494 e. The summed E-state index contributed by atoms with van der Waals surface area (Å²) in [5.41, 5.74) is 0.434. The van der Waals surface area contributed by atoms with E-state index >= 15 is 0 Å². The second kappa shape index (κ2) is 7.36. The van der Waals surface area contributed by atoms with Gasteiger partial charge in [0.1, 0.15) is 0 Å². The number of benzene rings is 3. The van der Waals surface area contributed by atoms with E-state index in [4.69, 9.17) is 9.31 Å². The summed E-state index contributed by atoms with van der Waals surface area (Å²) in [5.74, 6) is 0. The lowest BCUT2D eigenvalue weighted by Gasteiger charge is -2.32. The van der Waals surface area contributed by atoms with E-state index in [0.717, 1.165) is 5.46 Å². The molecule has 1 aliphatic rings. The van der Waals surface area contributed by atoms with Gasteiger partial charge in [0.2, 0.25) is 0 Å². The standard InChI is InChI=1S/C24H26BO2Si/c1-23(2)24(3,4)27-25(26-23)19-15-17-22(18-16-19)28(20-11-7-5-8-12-20)21-13-9-6-10-14-21/h5-18H,1-4H3. The first-order chi connectivity index (χ1) is 13.4. The molecule has 0 aliphatic carbocycles. The molecule has 1 aliphatic heterocycles. The average molecular weight is 385 g/mol. The highest BCUT2D eigenvalue weighted by molar-refractivity contribution is 6.95. The summed E-state index contributed by atoms with van der Waals surface area (Å²) in [4.78, 5) is 0. The summed E-state index contributed by atoms with van der Waals surface area (Å²) < 4.78 is 12.4. The van der Waals surface area contributed by atoms with Gasteiger partial charge in [-0.05, 0) is 33.2 Å². The van der Waals surface area contributed by atoms with Gasteiger partial charge in [0.05, 0.1) is 11.2 Å². The molecule has 141 valence electrons. The van der Waals surface area contributed by atoms with Gasteiger partial charge in [-0.2, -0.15) is 0 Å². The molecule has 4 heteroatoms. The Morgan fingerprint density at radius 1 is 0.571 bits per heavy atom. The van der Waals surface area contributed by atoms with Gasteiger partial charge in [-0.15, -0.1) is 0 Å². The van der Waals surface area contributed by atoms with Crippen LogP contribution >= 0.6 is 0 Å². The molecule has 1 radical (unpaired) electrons. The number of hydrogen-bond donors (Lipinski definition) is 0. The second-order valence-corrected chi connectivity index (χ2v) is 10.8. The van der Waals surface area contributed by atoms with E-state index in [1.54, 1.807) is 0 Å². The van der Waals surface area contributed by atoms with Crippen molar-refractivity contribution in [2.75, 3.05) is 0 Å². The first-order valence-corrected chi connectivity index (χ1v) is 11.3. The molecule has 0 atom stereocenters. The van der Waals surface area contributed by atoms with Crippen LogP contribution < -0.4 is 21.0 Å². The number of rotatable bonds is 4. The Bertz CT molecular complexity index is 868. The quantitative estimate of drug-likeness (QED) is 0.508. The van der Waals surface area contributed by atoms with Gasteiger partial charge >= 0.3 is 7.12 Å². The van der Waals surface area contributed by atoms with Crippen LogP contribution in [0.1, 0.15) is 27.7 Å². The third-order valence-corrected chi connectivity index (χ3v) is 8.58. The van der Waals surface area contributed by atoms with Crippen molar-refractivity contribution >= 4 is 36.9 Å². The Balaban J connectivity index is 1.66. The van der Waals surface area contributed by atoms with Crippen LogP contribution in [0.3, 0.4) is 0 Å². The van der Waals surface area contributed by atoms with Crippen LogP contribution in [0, 0.1) is 0 Å². The fourth-order valence-corrected chi connectivity index (χ4v) is 6.05. The van der Waals surface area contributed by atoms with Crippen LogP contribution in [0.4, 0.5) is 0 Å². The summed E-state index contributed by atoms with van der Waals surface area (Å²) in [7, 11) is -1.36. The molecule has 1 heterocycles. The lowest BCUT2D eigenvalue weighted by molar-refractivity contribution is 0.00578. The van der Waals surface area contributed by atoms with Gasteiger partial charge in [-0.3, -0.25) is 0 Å². The van der Waals surface area contributed by atoms with E-state index in [0.29, 0.717) is 0 Å². The smallest absolute Gasteiger partial charge is 0.399 e. The molecule has 4 rings (SSSR count). The highest BCUT2D eigenvalue weighted by Crippen LogP contribution is 2.36. The minimum absolute atomic E-state index is 0.317. The SMILES string of the molecule is CC1(C)OB(c2ccc([Si](c3ccccc3)c3ccccc3)cc2)OC1(C)C. The molecule has 0 N–H and O–H groups in total. The fourth-order valence-electron chi connectivity index (χ4n) is 3.50. The van der Waals surface area contributed by atoms with Crippen LogP contribution in [-0.4, -0.2) is 27.1 Å². The summed E-state index contributed by atoms with van der Waals surface area (Å²) in [5, 5.41) is 4.15. The van der Waals surface area contributed by atoms with Crippen LogP contribution in [0.25, 0.3) is 0 Å². The predicted molar refractivity (Wildman–Crippen MR) is 120 cm³/mol. The van der Waals surface area contributed by atoms with Crippen molar-refractivity contribution in [2.45, 2.75) is 38.9 Å². The van der Waals surface area contributed by atoms with Crippen LogP contribution in [-0.2, 0) is 9.31 Å². The molecule has 3 aromatic carbocycles. The lowest BCUT2D eigenvalue weighted by Crippen LogP contribution is -2.52. The van der Waals surface area contributed by atoms with Crippen molar-refractivity contribution in [1.82, 2.24) is 0 Å². The zero-order valence-corrected chi connectivity index (χ0v) is 18.0. The Hall–Kier alpha value is -2.14. The van der Waals surface area contributed by atoms with Crippen molar-refractivity contribution in [3.05, 3.63) is 84.9 Å². The zero-order valence-electron chi connectivity index (χ0n) is 17.0. The Morgan fingerprint density at radius 3 is 1.39 bits per heavy atom. The maximum atomic E-state index is 6.21. The maximum absolute atomic E-state index is 6.21. The average Bonchev–Trinajstić information content (AvgIpc) is 2.92. The molecule has 28 heavy (non-hydrogen) atoms. The van der Waals surface area contributed by atoms with Gasteiger partial charge in [0.25, 0.3) is 0 Å². The molecular formula is C24H26BO2Si. The summed E-state index contributed by atoms with van der Waals surface area (Å²) >= 11 is 0. The van der Waals surface area contributed by atoms with Gasteiger partial charge < -0.3 is 9.31 Å². The molecule has 0 aromatic heterocycles. The molecule has 0 spiro atoms. The second-order valence-electron chi connectivity index (χ2n) is 8.32. The van der Waals surface area contributed by atoms with Crippen LogP contribution in [0.5, 0.6) is 0 Å². The predicted octanol–water partition coefficient (Wildman–Crippen LogP) is 2.50. The van der Waals surface area contributed by atoms with E-state index < -0.39 is 8.80 Å². The monoisotopic (exact) mass is 385 g/mol. The minimum atomic E-state index is -1.04. The first-order valence-electron chi connectivity index (χ1n) is 9.81. The Morgan fingerprint density at radius 2 is 0.964 bits per heavy atom. The van der Waals surface area contributed by atoms with E-state index in [-0.39, 0.29) is 18.3 Å². The topological polar surface area (TPSA) is 18.5 Å². The van der Waals surface area contributed by atoms with Crippen molar-refractivity contribution < 1.29 is 9.31 Å². The normalized spacial score (nSPS) is 17.8. The summed E-state index contributed by atoms with van der Waals surface area (Å²) in [6.45, 7) is 8.36. The third-order valence-electron chi connectivity index (χ3n) is 5.85. The van der Waals surface area contributed by atoms with Crippen molar-refractivity contribution in [3.63, 3.8) is 0 Å². The van der Waals surface area contributed by atoms with E-state index in [1.165, 1.54) is 15.6 Å². The highest BCUT2D eigenvalue weighted by atomic mass is 28.3. The first kappa shape index (κ1) is 19.2. The molecule has 0 amide bonds. The number of hydrogen-bond acceptors (Lipinski definition) is 2. The largest absolute Gasteiger partial charge is 0.494 e. The summed E-state index contributed by atoms with van der Waals surface area (Å²) in [6.07, 6.45) is 0. The van der Waals surface area contributed by atoms with E-state index in [9.17, 15) is 0 Å². The van der Waals surface area contributed by atoms with Gasteiger partial charge in [-0.1, -0.05) is 100 Å². The fraction of sp³-hybridized carbons (Fsp3) is 0.250. The van der Waals surface area contributed by atoms with E-state index in [2.05, 4.69) is 113 Å². The molecular weight excluding hydrogens is 359 g/mol. The highest BCUT2D eigenvalue weighted by Gasteiger charge is 2.51. The van der Waals surface area contributed by atoms with Crippen LogP contribution in [0.15, 0.2) is 84.9 Å². The Labute approximate surface area is 170 Å². The van der Waals surface area contributed by atoms with Gasteiger partial charge in [0, 0.05) is 0 Å². The lowest BCUT2D eigenvalue weighted by atomic mass is 9.79. The molecule has 2 nitrogen and oxygen atoms in total. The minimum Gasteiger partial charge on any atom is -0.399 e.